The maximum absolute atomic E-state index is 12.6. The minimum atomic E-state index is -0.190. The summed E-state index contributed by atoms with van der Waals surface area (Å²) in [6.45, 7) is 28.5. The van der Waals surface area contributed by atoms with E-state index in [1.165, 1.54) is 16.7 Å². The first-order valence-corrected chi connectivity index (χ1v) is 23.6. The number of hydrogen-bond donors (Lipinski definition) is 1. The molecule has 1 N–H and O–H groups in total. The molecule has 1 aliphatic carbocycles. The average molecular weight is 889 g/mol. The average Bonchev–Trinajstić information content (AvgIpc) is 3.24. The SMILES string of the molecule is COCCOc1c2cc(C(C)(C)C)cc1Cc1cc(C(C)(C)C)cc(c1OCc1ccccn1)Cc1cc(C(C)(C)C)cc(c1OCc1ccccn1)Cc1cc(C(C)(C)C)cc(c1O)C2. The Kier molecular flexibility index (Phi) is 14.1. The molecule has 4 aromatic carbocycles. The van der Waals surface area contributed by atoms with Crippen LogP contribution in [0.5, 0.6) is 23.0 Å². The third-order valence-electron chi connectivity index (χ3n) is 12.7. The number of fused-ring (bicyclic) bond motifs is 8. The summed E-state index contributed by atoms with van der Waals surface area (Å²) >= 11 is 0. The molecule has 7 nitrogen and oxygen atoms in total. The topological polar surface area (TPSA) is 82.9 Å². The molecule has 1 aliphatic rings. The highest BCUT2D eigenvalue weighted by molar-refractivity contribution is 5.60. The van der Waals surface area contributed by atoms with Gasteiger partial charge in [0, 0.05) is 45.2 Å². The predicted octanol–water partition coefficient (Wildman–Crippen LogP) is 13.2. The standard InChI is InChI=1S/C59H72N2O5/c1-56(2,3)46-28-38-24-40-30-47(57(4,5)6)32-42(53(40)64-23-22-63-13)26-43-33-49(59(10,11)12)35-45(55(43)66-37-51-19-15-17-21-61-51)27-44-34-48(58(7,8)9)31-41(25-39(29-46)52(38)62)54(44)65-36-50-18-14-16-20-60-50/h14-21,28-35,62H,22-27,36-37H2,1-13H3. The van der Waals surface area contributed by atoms with Crippen molar-refractivity contribution in [3.05, 3.63) is 175 Å². The van der Waals surface area contributed by atoms with Crippen LogP contribution in [0.15, 0.2) is 97.3 Å². The Morgan fingerprint density at radius 2 is 0.727 bits per heavy atom. The Morgan fingerprint density at radius 3 is 1.02 bits per heavy atom. The lowest BCUT2D eigenvalue weighted by atomic mass is 9.79. The van der Waals surface area contributed by atoms with Crippen molar-refractivity contribution in [2.45, 2.75) is 144 Å². The first kappa shape index (κ1) is 48.3. The zero-order chi connectivity index (χ0) is 47.6. The highest BCUT2D eigenvalue weighted by Gasteiger charge is 2.29. The first-order chi connectivity index (χ1) is 31.1. The normalized spacial score (nSPS) is 13.3. The van der Waals surface area contributed by atoms with E-state index in [1.54, 1.807) is 7.11 Å². The fourth-order valence-corrected chi connectivity index (χ4v) is 8.68. The van der Waals surface area contributed by atoms with E-state index < -0.39 is 0 Å². The third kappa shape index (κ3) is 11.5. The van der Waals surface area contributed by atoms with Crippen LogP contribution in [0.1, 0.15) is 161 Å². The number of rotatable bonds is 10. The minimum Gasteiger partial charge on any atom is -0.507 e. The summed E-state index contributed by atoms with van der Waals surface area (Å²) in [5.41, 5.74) is 13.7. The number of benzene rings is 4. The number of phenolic OH excluding ortho intramolecular Hbond substituents is 1. The van der Waals surface area contributed by atoms with Crippen LogP contribution in [0, 0.1) is 0 Å². The highest BCUT2D eigenvalue weighted by atomic mass is 16.5. The van der Waals surface area contributed by atoms with E-state index in [2.05, 4.69) is 142 Å². The van der Waals surface area contributed by atoms with Crippen LogP contribution in [0.25, 0.3) is 0 Å². The smallest absolute Gasteiger partial charge is 0.130 e. The van der Waals surface area contributed by atoms with E-state index in [0.29, 0.717) is 57.9 Å². The van der Waals surface area contributed by atoms with Crippen LogP contribution in [-0.4, -0.2) is 35.4 Å². The van der Waals surface area contributed by atoms with Gasteiger partial charge in [0.15, 0.2) is 0 Å². The molecule has 0 spiro atoms. The molecule has 0 aliphatic heterocycles. The van der Waals surface area contributed by atoms with Gasteiger partial charge in [0.25, 0.3) is 0 Å². The molecule has 0 radical (unpaired) electrons. The second-order valence-electron chi connectivity index (χ2n) is 22.3. The van der Waals surface area contributed by atoms with Crippen molar-refractivity contribution < 1.29 is 24.1 Å². The van der Waals surface area contributed by atoms with Crippen molar-refractivity contribution >= 4 is 0 Å². The van der Waals surface area contributed by atoms with Crippen LogP contribution in [0.3, 0.4) is 0 Å². The van der Waals surface area contributed by atoms with Gasteiger partial charge < -0.3 is 24.1 Å². The third-order valence-corrected chi connectivity index (χ3v) is 12.7. The van der Waals surface area contributed by atoms with Gasteiger partial charge >= 0.3 is 0 Å². The van der Waals surface area contributed by atoms with E-state index >= 15 is 0 Å². The van der Waals surface area contributed by atoms with Gasteiger partial charge in [-0.05, 0) is 113 Å². The first-order valence-electron chi connectivity index (χ1n) is 23.6. The number of aromatic nitrogens is 2. The monoisotopic (exact) mass is 889 g/mol. The second-order valence-corrected chi connectivity index (χ2v) is 22.3. The molecule has 6 aromatic rings. The predicted molar refractivity (Wildman–Crippen MR) is 268 cm³/mol. The Balaban J connectivity index is 1.59. The molecule has 0 saturated heterocycles. The van der Waals surface area contributed by atoms with Gasteiger partial charge in [-0.3, -0.25) is 9.97 Å². The minimum absolute atomic E-state index is 0.175. The molecule has 7 rings (SSSR count). The quantitative estimate of drug-likeness (QED) is 0.137. The Morgan fingerprint density at radius 1 is 0.424 bits per heavy atom. The Labute approximate surface area is 395 Å². The molecule has 0 atom stereocenters. The number of pyridine rings is 2. The van der Waals surface area contributed by atoms with Crippen molar-refractivity contribution in [2.75, 3.05) is 20.3 Å². The van der Waals surface area contributed by atoms with Gasteiger partial charge in [-0.25, -0.2) is 0 Å². The van der Waals surface area contributed by atoms with Gasteiger partial charge in [0.05, 0.1) is 18.0 Å². The van der Waals surface area contributed by atoms with Crippen molar-refractivity contribution in [1.82, 2.24) is 9.97 Å². The number of ether oxygens (including phenoxy) is 4. The van der Waals surface area contributed by atoms with Crippen molar-refractivity contribution in [3.8, 4) is 23.0 Å². The zero-order valence-corrected chi connectivity index (χ0v) is 41.9. The van der Waals surface area contributed by atoms with Crippen molar-refractivity contribution in [2.24, 2.45) is 0 Å². The highest BCUT2D eigenvalue weighted by Crippen LogP contribution is 2.44. The van der Waals surface area contributed by atoms with Crippen LogP contribution in [0.2, 0.25) is 0 Å². The summed E-state index contributed by atoms with van der Waals surface area (Å²) in [4.78, 5) is 9.33. The molecule has 2 aromatic heterocycles. The molecule has 0 unspecified atom stereocenters. The summed E-state index contributed by atoms with van der Waals surface area (Å²) in [7, 11) is 1.70. The van der Waals surface area contributed by atoms with Gasteiger partial charge in [0.2, 0.25) is 0 Å². The second kappa shape index (κ2) is 19.3. The lowest BCUT2D eigenvalue weighted by molar-refractivity contribution is 0.145. The van der Waals surface area contributed by atoms with E-state index in [-0.39, 0.29) is 21.7 Å². The molecule has 2 heterocycles. The van der Waals surface area contributed by atoms with Gasteiger partial charge in [-0.1, -0.05) is 144 Å². The molecule has 0 amide bonds. The number of phenols is 1. The van der Waals surface area contributed by atoms with E-state index in [0.717, 1.165) is 78.7 Å². The fourth-order valence-electron chi connectivity index (χ4n) is 8.68. The maximum atomic E-state index is 12.6. The van der Waals surface area contributed by atoms with E-state index in [9.17, 15) is 5.11 Å². The lowest BCUT2D eigenvalue weighted by Crippen LogP contribution is -2.17. The number of hydrogen-bond acceptors (Lipinski definition) is 7. The molecule has 348 valence electrons. The summed E-state index contributed by atoms with van der Waals surface area (Å²) in [5.74, 6) is 2.75. The zero-order valence-electron chi connectivity index (χ0n) is 41.9. The number of aromatic hydroxyl groups is 1. The largest absolute Gasteiger partial charge is 0.507 e. The van der Waals surface area contributed by atoms with Crippen molar-refractivity contribution in [3.63, 3.8) is 0 Å². The van der Waals surface area contributed by atoms with Crippen LogP contribution in [0.4, 0.5) is 0 Å². The molecule has 0 fully saturated rings. The van der Waals surface area contributed by atoms with Gasteiger partial charge in [-0.15, -0.1) is 0 Å². The van der Waals surface area contributed by atoms with Crippen LogP contribution < -0.4 is 14.2 Å². The summed E-state index contributed by atoms with van der Waals surface area (Å²) in [6, 6.07) is 30.2. The van der Waals surface area contributed by atoms with E-state index in [4.69, 9.17) is 18.9 Å². The summed E-state index contributed by atoms with van der Waals surface area (Å²) in [6.07, 6.45) is 5.63. The number of methoxy groups -OCH3 is 1. The molecule has 8 bridgehead atoms. The molecule has 0 saturated carbocycles. The fraction of sp³-hybridized carbons (Fsp3) is 0.424. The summed E-state index contributed by atoms with van der Waals surface area (Å²) < 4.78 is 26.5. The molecular weight excluding hydrogens is 817 g/mol. The van der Waals surface area contributed by atoms with Crippen molar-refractivity contribution in [1.29, 1.82) is 0 Å². The molecule has 7 heteroatoms. The van der Waals surface area contributed by atoms with Gasteiger partial charge in [0.1, 0.15) is 42.8 Å². The van der Waals surface area contributed by atoms with Crippen LogP contribution in [-0.2, 0) is 65.3 Å². The van der Waals surface area contributed by atoms with E-state index in [1.807, 2.05) is 48.8 Å². The van der Waals surface area contributed by atoms with Crippen LogP contribution >= 0.6 is 0 Å². The lowest BCUT2D eigenvalue weighted by Gasteiger charge is -2.29. The Hall–Kier alpha value is -5.66. The molecular formula is C59H72N2O5. The maximum Gasteiger partial charge on any atom is 0.130 e. The van der Waals surface area contributed by atoms with Gasteiger partial charge in [-0.2, -0.15) is 0 Å². The number of nitrogens with zero attached hydrogens (tertiary/aromatic N) is 2. The molecule has 66 heavy (non-hydrogen) atoms. The summed E-state index contributed by atoms with van der Waals surface area (Å²) in [5, 5.41) is 12.6. The Bertz CT molecular complexity index is 2640.